The second kappa shape index (κ2) is 8.33. The minimum Gasteiger partial charge on any atom is -0.368 e. The molecule has 1 N–H and O–H groups in total. The van der Waals surface area contributed by atoms with E-state index in [1.165, 1.54) is 31.6 Å². The molecule has 1 aromatic rings. The summed E-state index contributed by atoms with van der Waals surface area (Å²) < 4.78 is 0. The molecule has 2 fully saturated rings. The van der Waals surface area contributed by atoms with E-state index in [1.807, 2.05) is 29.4 Å². The number of rotatable bonds is 4. The smallest absolute Gasteiger partial charge is 0.317 e. The number of hydrogen-bond acceptors (Lipinski definition) is 4. The average molecular weight is 331 g/mol. The molecule has 0 bridgehead atoms. The fraction of sp³-hybridized carbons (Fsp3) is 0.667. The van der Waals surface area contributed by atoms with Crippen molar-refractivity contribution in [2.75, 3.05) is 57.8 Å². The number of carbonyl (C=O) groups excluding carboxylic acids is 1. The lowest BCUT2D eigenvalue weighted by molar-refractivity contribution is 0.186. The third-order valence-electron chi connectivity index (χ3n) is 5.15. The SMILES string of the molecule is CN1CCC[C@@H](CCNC(=O)N2CCN(c3ccncc3)CC2)C1. The van der Waals surface area contributed by atoms with Crippen molar-refractivity contribution in [2.45, 2.75) is 19.3 Å². The molecular weight excluding hydrogens is 302 g/mol. The van der Waals surface area contributed by atoms with Crippen molar-refractivity contribution in [3.05, 3.63) is 24.5 Å². The highest BCUT2D eigenvalue weighted by molar-refractivity contribution is 5.74. The second-order valence-electron chi connectivity index (χ2n) is 6.97. The number of anilines is 1. The Balaban J connectivity index is 1.36. The molecular formula is C18H29N5O. The highest BCUT2D eigenvalue weighted by atomic mass is 16.2. The van der Waals surface area contributed by atoms with Crippen molar-refractivity contribution in [1.29, 1.82) is 0 Å². The van der Waals surface area contributed by atoms with E-state index in [2.05, 4.69) is 27.1 Å². The van der Waals surface area contributed by atoms with Crippen LogP contribution in [-0.4, -0.2) is 73.7 Å². The van der Waals surface area contributed by atoms with Crippen LogP contribution in [-0.2, 0) is 0 Å². The van der Waals surface area contributed by atoms with Gasteiger partial charge in [-0.1, -0.05) is 0 Å². The summed E-state index contributed by atoms with van der Waals surface area (Å²) in [6, 6.07) is 4.14. The van der Waals surface area contributed by atoms with Gasteiger partial charge >= 0.3 is 6.03 Å². The first-order valence-corrected chi connectivity index (χ1v) is 9.08. The van der Waals surface area contributed by atoms with Gasteiger partial charge in [0.05, 0.1) is 0 Å². The molecule has 0 unspecified atom stereocenters. The molecule has 3 heterocycles. The summed E-state index contributed by atoms with van der Waals surface area (Å²) >= 11 is 0. The number of pyridine rings is 1. The number of piperidine rings is 1. The van der Waals surface area contributed by atoms with Crippen molar-refractivity contribution in [2.24, 2.45) is 5.92 Å². The van der Waals surface area contributed by atoms with Gasteiger partial charge in [-0.3, -0.25) is 4.98 Å². The Hall–Kier alpha value is -1.82. The highest BCUT2D eigenvalue weighted by Crippen LogP contribution is 2.18. The van der Waals surface area contributed by atoms with Gasteiger partial charge in [0.15, 0.2) is 0 Å². The minimum absolute atomic E-state index is 0.0912. The van der Waals surface area contributed by atoms with Gasteiger partial charge in [-0.2, -0.15) is 0 Å². The Labute approximate surface area is 144 Å². The zero-order chi connectivity index (χ0) is 16.8. The molecule has 1 atom stereocenters. The number of aromatic nitrogens is 1. The van der Waals surface area contributed by atoms with Gasteiger partial charge in [0.2, 0.25) is 0 Å². The largest absolute Gasteiger partial charge is 0.368 e. The normalized spacial score (nSPS) is 22.5. The lowest BCUT2D eigenvalue weighted by atomic mass is 9.95. The molecule has 0 aromatic carbocycles. The van der Waals surface area contributed by atoms with Crippen LogP contribution in [0.15, 0.2) is 24.5 Å². The molecule has 2 aliphatic rings. The molecule has 6 nitrogen and oxygen atoms in total. The van der Waals surface area contributed by atoms with Crippen molar-refractivity contribution in [3.63, 3.8) is 0 Å². The lowest BCUT2D eigenvalue weighted by Crippen LogP contribution is -2.52. The van der Waals surface area contributed by atoms with E-state index in [0.29, 0.717) is 0 Å². The standard InChI is InChI=1S/C18H29N5O/c1-21-10-2-3-16(15-21)4-9-20-18(24)23-13-11-22(12-14-23)17-5-7-19-8-6-17/h5-8,16H,2-4,9-15H2,1H3,(H,20,24)/t16-/m0/s1. The van der Waals surface area contributed by atoms with Crippen LogP contribution in [0.25, 0.3) is 0 Å². The predicted molar refractivity (Wildman–Crippen MR) is 96.3 cm³/mol. The molecule has 6 heteroatoms. The Morgan fingerprint density at radius 3 is 2.67 bits per heavy atom. The maximum atomic E-state index is 12.3. The molecule has 2 aliphatic heterocycles. The topological polar surface area (TPSA) is 51.7 Å². The van der Waals surface area contributed by atoms with Gasteiger partial charge in [0, 0.05) is 57.3 Å². The van der Waals surface area contributed by atoms with E-state index in [-0.39, 0.29) is 6.03 Å². The number of nitrogens with one attached hydrogen (secondary N) is 1. The third-order valence-corrected chi connectivity index (χ3v) is 5.15. The Kier molecular flexibility index (Phi) is 5.91. The molecule has 0 radical (unpaired) electrons. The summed E-state index contributed by atoms with van der Waals surface area (Å²) in [6.45, 7) is 6.49. The molecule has 132 valence electrons. The van der Waals surface area contributed by atoms with Crippen LogP contribution in [0.3, 0.4) is 0 Å². The first kappa shape index (κ1) is 17.0. The molecule has 0 saturated carbocycles. The molecule has 1 aromatic heterocycles. The van der Waals surface area contributed by atoms with Gasteiger partial charge in [-0.05, 0) is 50.9 Å². The molecule has 3 rings (SSSR count). The average Bonchev–Trinajstić information content (AvgIpc) is 2.63. The summed E-state index contributed by atoms with van der Waals surface area (Å²) in [7, 11) is 2.19. The van der Waals surface area contributed by atoms with E-state index in [4.69, 9.17) is 0 Å². The summed E-state index contributed by atoms with van der Waals surface area (Å²) in [5.74, 6) is 0.729. The van der Waals surface area contributed by atoms with Crippen molar-refractivity contribution < 1.29 is 4.79 Å². The van der Waals surface area contributed by atoms with Crippen LogP contribution in [0.2, 0.25) is 0 Å². The maximum absolute atomic E-state index is 12.3. The lowest BCUT2D eigenvalue weighted by Gasteiger charge is -2.36. The molecule has 0 aliphatic carbocycles. The summed E-state index contributed by atoms with van der Waals surface area (Å²) in [5, 5.41) is 3.11. The van der Waals surface area contributed by atoms with Gasteiger partial charge in [-0.25, -0.2) is 4.79 Å². The third kappa shape index (κ3) is 4.60. The number of urea groups is 1. The molecule has 2 amide bonds. The molecule has 24 heavy (non-hydrogen) atoms. The van der Waals surface area contributed by atoms with Crippen molar-refractivity contribution in [1.82, 2.24) is 20.1 Å². The van der Waals surface area contributed by atoms with Crippen LogP contribution in [0, 0.1) is 5.92 Å². The molecule has 2 saturated heterocycles. The van der Waals surface area contributed by atoms with Gasteiger partial charge in [0.1, 0.15) is 0 Å². The first-order valence-electron chi connectivity index (χ1n) is 9.08. The highest BCUT2D eigenvalue weighted by Gasteiger charge is 2.22. The van der Waals surface area contributed by atoms with E-state index < -0.39 is 0 Å². The van der Waals surface area contributed by atoms with Crippen LogP contribution >= 0.6 is 0 Å². The monoisotopic (exact) mass is 331 g/mol. The number of likely N-dealkylation sites (tertiary alicyclic amines) is 1. The van der Waals surface area contributed by atoms with Gasteiger partial charge < -0.3 is 20.0 Å². The number of carbonyl (C=O) groups is 1. The van der Waals surface area contributed by atoms with Crippen LogP contribution in [0.1, 0.15) is 19.3 Å². The Bertz CT molecular complexity index is 515. The number of hydrogen-bond donors (Lipinski definition) is 1. The summed E-state index contributed by atoms with van der Waals surface area (Å²) in [6.07, 6.45) is 7.30. The van der Waals surface area contributed by atoms with Crippen LogP contribution < -0.4 is 10.2 Å². The number of piperazine rings is 1. The van der Waals surface area contributed by atoms with E-state index in [9.17, 15) is 4.79 Å². The number of amides is 2. The van der Waals surface area contributed by atoms with Crippen LogP contribution in [0.5, 0.6) is 0 Å². The number of nitrogens with zero attached hydrogens (tertiary/aromatic N) is 4. The maximum Gasteiger partial charge on any atom is 0.317 e. The Morgan fingerprint density at radius 1 is 1.21 bits per heavy atom. The zero-order valence-electron chi connectivity index (χ0n) is 14.7. The van der Waals surface area contributed by atoms with Gasteiger partial charge in [0.25, 0.3) is 0 Å². The van der Waals surface area contributed by atoms with E-state index in [0.717, 1.165) is 45.1 Å². The fourth-order valence-corrected chi connectivity index (χ4v) is 3.73. The fourth-order valence-electron chi connectivity index (χ4n) is 3.73. The second-order valence-corrected chi connectivity index (χ2v) is 6.97. The van der Waals surface area contributed by atoms with Crippen molar-refractivity contribution in [3.8, 4) is 0 Å². The van der Waals surface area contributed by atoms with E-state index in [1.54, 1.807) is 0 Å². The van der Waals surface area contributed by atoms with Crippen LogP contribution in [0.4, 0.5) is 10.5 Å². The quantitative estimate of drug-likeness (QED) is 0.911. The molecule has 0 spiro atoms. The summed E-state index contributed by atoms with van der Waals surface area (Å²) in [5.41, 5.74) is 1.19. The van der Waals surface area contributed by atoms with Gasteiger partial charge in [-0.15, -0.1) is 0 Å². The predicted octanol–water partition coefficient (Wildman–Crippen LogP) is 1.65. The Morgan fingerprint density at radius 2 is 1.96 bits per heavy atom. The summed E-state index contributed by atoms with van der Waals surface area (Å²) in [4.78, 5) is 23.0. The minimum atomic E-state index is 0.0912. The van der Waals surface area contributed by atoms with Crippen molar-refractivity contribution >= 4 is 11.7 Å². The zero-order valence-corrected chi connectivity index (χ0v) is 14.7. The first-order chi connectivity index (χ1) is 11.7. The van der Waals surface area contributed by atoms with E-state index >= 15 is 0 Å².